The number of nitrogens with one attached hydrogen (secondary N) is 1. The van der Waals surface area contributed by atoms with Gasteiger partial charge in [0.25, 0.3) is 0 Å². The summed E-state index contributed by atoms with van der Waals surface area (Å²) in [6.07, 6.45) is 6.58. The molecule has 2 atom stereocenters. The largest absolute Gasteiger partial charge is 0.488 e. The van der Waals surface area contributed by atoms with Crippen LogP contribution in [0.15, 0.2) is 67.0 Å². The number of aliphatic carboxylic acids is 1. The van der Waals surface area contributed by atoms with Crippen LogP contribution in [-0.2, 0) is 35.7 Å². The summed E-state index contributed by atoms with van der Waals surface area (Å²) in [7, 11) is 0. The highest BCUT2D eigenvalue weighted by molar-refractivity contribution is 6.34. The molecule has 3 aromatic carbocycles. The second-order valence-corrected chi connectivity index (χ2v) is 14.2. The zero-order valence-electron chi connectivity index (χ0n) is 30.3. The van der Waals surface area contributed by atoms with Crippen molar-refractivity contribution in [1.29, 1.82) is 5.26 Å². The summed E-state index contributed by atoms with van der Waals surface area (Å²) in [4.78, 5) is 20.6. The average Bonchev–Trinajstić information content (AvgIpc) is 3.81. The molecule has 284 valence electrons. The van der Waals surface area contributed by atoms with Gasteiger partial charge in [0.1, 0.15) is 36.8 Å². The number of carboxylic acid groups (broad SMARTS) is 1. The number of carboxylic acids is 1. The molecular formula is C41H45Cl2N5O6. The number of aliphatic hydroxyl groups is 1. The Hall–Kier alpha value is -4.41. The Kier molecular flexibility index (Phi) is 13.6. The van der Waals surface area contributed by atoms with Crippen molar-refractivity contribution < 1.29 is 29.2 Å². The standard InChI is InChI=1S/C41H45Cl2N5O6/c1-2-52-31-10-14-47(23-31)12-5-13-48-15-11-33-32(7-4-9-37(33)48)34-8-3-6-29(40(34)43)26-54-39-18-38(53-25-28-16-27(19-44)20-45-21-28)30(17-35(39)42)22-46-36(24-49)41(50)51/h3-4,6-9,16-18,20-21,31,36,46,49H,2,5,10-15,22-26H2,1H3,(H,50,51)/t31?,36-/m0/s1. The first kappa shape index (κ1) is 39.3. The summed E-state index contributed by atoms with van der Waals surface area (Å²) in [6, 6.07) is 18.2. The third kappa shape index (κ3) is 9.63. The SMILES string of the molecule is CCOC1CCN(CCCN2CCc3c(-c4cccc(COc5cc(OCc6cncc(C#N)c6)c(CN[C@@H](CO)C(=O)O)cc5Cl)c4Cl)cccc32)C1. The molecule has 13 heteroatoms. The number of benzene rings is 3. The van der Waals surface area contributed by atoms with Crippen molar-refractivity contribution in [1.82, 2.24) is 15.2 Å². The van der Waals surface area contributed by atoms with E-state index >= 15 is 0 Å². The molecule has 0 saturated carbocycles. The lowest BCUT2D eigenvalue weighted by Crippen LogP contribution is -2.39. The van der Waals surface area contributed by atoms with Crippen LogP contribution in [0.1, 0.15) is 47.6 Å². The molecule has 0 spiro atoms. The van der Waals surface area contributed by atoms with Crippen LogP contribution in [0.25, 0.3) is 11.1 Å². The smallest absolute Gasteiger partial charge is 0.323 e. The topological polar surface area (TPSA) is 140 Å². The van der Waals surface area contributed by atoms with Crippen molar-refractivity contribution in [2.24, 2.45) is 0 Å². The van der Waals surface area contributed by atoms with E-state index in [0.29, 0.717) is 39.3 Å². The first-order valence-corrected chi connectivity index (χ1v) is 19.0. The van der Waals surface area contributed by atoms with Crippen LogP contribution in [0, 0.1) is 11.3 Å². The van der Waals surface area contributed by atoms with Crippen molar-refractivity contribution >= 4 is 34.9 Å². The Morgan fingerprint density at radius 3 is 2.65 bits per heavy atom. The van der Waals surface area contributed by atoms with Gasteiger partial charge in [-0.05, 0) is 62.1 Å². The summed E-state index contributed by atoms with van der Waals surface area (Å²) in [5, 5.41) is 31.9. The maximum atomic E-state index is 11.5. The minimum atomic E-state index is -1.19. The van der Waals surface area contributed by atoms with Gasteiger partial charge in [-0.25, -0.2) is 0 Å². The van der Waals surface area contributed by atoms with Gasteiger partial charge in [0, 0.05) is 85.7 Å². The Morgan fingerprint density at radius 2 is 1.85 bits per heavy atom. The predicted molar refractivity (Wildman–Crippen MR) is 208 cm³/mol. The summed E-state index contributed by atoms with van der Waals surface area (Å²) in [6.45, 7) is 7.67. The lowest BCUT2D eigenvalue weighted by Gasteiger charge is -2.22. The van der Waals surface area contributed by atoms with E-state index in [-0.39, 0.29) is 24.8 Å². The summed E-state index contributed by atoms with van der Waals surface area (Å²) in [5.74, 6) is -0.464. The number of fused-ring (bicyclic) bond motifs is 1. The number of rotatable bonds is 18. The summed E-state index contributed by atoms with van der Waals surface area (Å²) < 4.78 is 18.2. The number of anilines is 1. The molecule has 1 saturated heterocycles. The molecule has 0 aliphatic carbocycles. The second kappa shape index (κ2) is 18.8. The fourth-order valence-electron chi connectivity index (χ4n) is 7.11. The molecule has 3 N–H and O–H groups in total. The zero-order chi connectivity index (χ0) is 38.0. The highest BCUT2D eigenvalue weighted by atomic mass is 35.5. The van der Waals surface area contributed by atoms with Gasteiger partial charge in [-0.2, -0.15) is 5.26 Å². The van der Waals surface area contributed by atoms with Crippen LogP contribution >= 0.6 is 23.2 Å². The number of nitriles is 1. The van der Waals surface area contributed by atoms with Crippen LogP contribution < -0.4 is 19.7 Å². The number of hydrogen-bond acceptors (Lipinski definition) is 10. The van der Waals surface area contributed by atoms with Crippen LogP contribution in [0.3, 0.4) is 0 Å². The van der Waals surface area contributed by atoms with Crippen molar-refractivity contribution in [3.63, 3.8) is 0 Å². The summed E-state index contributed by atoms with van der Waals surface area (Å²) in [5.41, 5.74) is 7.01. The molecule has 4 aromatic rings. The fraction of sp³-hybridized carbons (Fsp3) is 0.390. The lowest BCUT2D eigenvalue weighted by molar-refractivity contribution is -0.140. The molecule has 1 aromatic heterocycles. The van der Waals surface area contributed by atoms with E-state index in [1.165, 1.54) is 17.4 Å². The van der Waals surface area contributed by atoms with E-state index in [4.69, 9.17) is 37.4 Å². The van der Waals surface area contributed by atoms with E-state index in [1.54, 1.807) is 24.4 Å². The predicted octanol–water partition coefficient (Wildman–Crippen LogP) is 6.48. The van der Waals surface area contributed by atoms with Gasteiger partial charge < -0.3 is 34.2 Å². The van der Waals surface area contributed by atoms with Gasteiger partial charge in [0.05, 0.1) is 28.3 Å². The van der Waals surface area contributed by atoms with E-state index in [0.717, 1.165) is 75.3 Å². The minimum Gasteiger partial charge on any atom is -0.488 e. The third-order valence-corrected chi connectivity index (χ3v) is 10.6. The number of carbonyl (C=O) groups is 1. The fourth-order valence-corrected chi connectivity index (χ4v) is 7.63. The van der Waals surface area contributed by atoms with Crippen LogP contribution in [-0.4, -0.2) is 84.1 Å². The molecule has 54 heavy (non-hydrogen) atoms. The monoisotopic (exact) mass is 773 g/mol. The molecule has 6 rings (SSSR count). The Labute approximate surface area is 326 Å². The number of aliphatic hydroxyl groups excluding tert-OH is 1. The molecule has 0 radical (unpaired) electrons. The molecule has 11 nitrogen and oxygen atoms in total. The Bertz CT molecular complexity index is 1970. The van der Waals surface area contributed by atoms with E-state index in [2.05, 4.69) is 51.3 Å². The second-order valence-electron chi connectivity index (χ2n) is 13.5. The number of nitrogens with zero attached hydrogens (tertiary/aromatic N) is 4. The van der Waals surface area contributed by atoms with Gasteiger partial charge >= 0.3 is 5.97 Å². The van der Waals surface area contributed by atoms with Crippen LogP contribution in [0.5, 0.6) is 11.5 Å². The van der Waals surface area contributed by atoms with Crippen molar-refractivity contribution in [2.45, 2.75) is 58.1 Å². The number of ether oxygens (including phenoxy) is 3. The number of halogens is 2. The lowest BCUT2D eigenvalue weighted by atomic mass is 9.96. The summed E-state index contributed by atoms with van der Waals surface area (Å²) >= 11 is 13.8. The van der Waals surface area contributed by atoms with Crippen LogP contribution in [0.2, 0.25) is 10.0 Å². The molecular weight excluding hydrogens is 729 g/mol. The van der Waals surface area contributed by atoms with Gasteiger partial charge in [-0.1, -0.05) is 53.5 Å². The zero-order valence-corrected chi connectivity index (χ0v) is 31.8. The van der Waals surface area contributed by atoms with E-state index < -0.39 is 18.6 Å². The van der Waals surface area contributed by atoms with Gasteiger partial charge in [0.2, 0.25) is 0 Å². The Morgan fingerprint density at radius 1 is 1.04 bits per heavy atom. The number of aromatic nitrogens is 1. The van der Waals surface area contributed by atoms with Gasteiger partial charge in [-0.15, -0.1) is 0 Å². The molecule has 0 amide bonds. The molecule has 2 aliphatic rings. The molecule has 0 bridgehead atoms. The van der Waals surface area contributed by atoms with Crippen molar-refractivity contribution in [3.8, 4) is 28.7 Å². The molecule has 2 aliphatic heterocycles. The van der Waals surface area contributed by atoms with E-state index in [1.807, 2.05) is 18.2 Å². The highest BCUT2D eigenvalue weighted by Crippen LogP contribution is 2.41. The molecule has 1 fully saturated rings. The quantitative estimate of drug-likeness (QED) is 0.102. The van der Waals surface area contributed by atoms with Gasteiger partial charge in [0.15, 0.2) is 0 Å². The third-order valence-electron chi connectivity index (χ3n) is 9.86. The molecule has 3 heterocycles. The first-order chi connectivity index (χ1) is 26.3. The average molecular weight is 775 g/mol. The number of likely N-dealkylation sites (tertiary alicyclic amines) is 1. The number of hydrogen-bond donors (Lipinski definition) is 3. The van der Waals surface area contributed by atoms with E-state index in [9.17, 15) is 20.3 Å². The molecule has 1 unspecified atom stereocenters. The van der Waals surface area contributed by atoms with Crippen molar-refractivity contribution in [2.75, 3.05) is 50.8 Å². The minimum absolute atomic E-state index is 0.0450. The maximum absolute atomic E-state index is 11.5. The van der Waals surface area contributed by atoms with Crippen LogP contribution in [0.4, 0.5) is 5.69 Å². The number of pyridine rings is 1. The Balaban J connectivity index is 1.16. The van der Waals surface area contributed by atoms with Gasteiger partial charge in [-0.3, -0.25) is 15.1 Å². The first-order valence-electron chi connectivity index (χ1n) is 18.3. The highest BCUT2D eigenvalue weighted by Gasteiger charge is 2.26. The normalized spacial score (nSPS) is 15.9. The maximum Gasteiger partial charge on any atom is 0.323 e. The van der Waals surface area contributed by atoms with Crippen molar-refractivity contribution in [3.05, 3.63) is 105 Å².